The molecule has 0 spiro atoms. The van der Waals surface area contributed by atoms with Gasteiger partial charge in [-0.15, -0.1) is 0 Å². The molecule has 1 aromatic heterocycles. The third-order valence-electron chi connectivity index (χ3n) is 4.75. The summed E-state index contributed by atoms with van der Waals surface area (Å²) in [7, 11) is 1.70. The van der Waals surface area contributed by atoms with Gasteiger partial charge in [-0.25, -0.2) is 4.98 Å². The molecule has 2 aromatic rings. The molecule has 1 atom stereocenters. The molecule has 6 nitrogen and oxygen atoms in total. The number of guanidine groups is 1. The quantitative estimate of drug-likeness (QED) is 0.591. The molecule has 162 valence electrons. The van der Waals surface area contributed by atoms with Crippen LogP contribution in [0.2, 0.25) is 0 Å². The monoisotopic (exact) mass is 422 g/mol. The van der Waals surface area contributed by atoms with Crippen molar-refractivity contribution in [1.82, 2.24) is 15.2 Å². The summed E-state index contributed by atoms with van der Waals surface area (Å²) < 4.78 is 47.7. The van der Waals surface area contributed by atoms with E-state index in [0.717, 1.165) is 11.1 Å². The summed E-state index contributed by atoms with van der Waals surface area (Å²) >= 11 is 0. The molecule has 1 aromatic carbocycles. The number of pyridine rings is 1. The van der Waals surface area contributed by atoms with Gasteiger partial charge in [0.05, 0.1) is 13.2 Å². The minimum atomic E-state index is -4.40. The molecule has 0 saturated carbocycles. The number of halogens is 3. The first kappa shape index (κ1) is 21.9. The maximum absolute atomic E-state index is 12.3. The van der Waals surface area contributed by atoms with Crippen LogP contribution in [0.5, 0.6) is 5.88 Å². The van der Waals surface area contributed by atoms with Gasteiger partial charge in [0.15, 0.2) is 12.6 Å². The molecule has 0 aliphatic carbocycles. The number of rotatable bonds is 5. The molecule has 0 amide bonds. The Morgan fingerprint density at radius 1 is 1.33 bits per heavy atom. The number of benzene rings is 1. The number of aliphatic imine (C=N–C) groups is 1. The third-order valence-corrected chi connectivity index (χ3v) is 4.75. The first-order chi connectivity index (χ1) is 14.4. The number of ether oxygens (including phenoxy) is 2. The Morgan fingerprint density at radius 2 is 2.13 bits per heavy atom. The molecule has 1 fully saturated rings. The Morgan fingerprint density at radius 3 is 2.87 bits per heavy atom. The van der Waals surface area contributed by atoms with Crippen LogP contribution < -0.4 is 10.1 Å². The average Bonchev–Trinajstić information content (AvgIpc) is 2.73. The number of morpholine rings is 1. The van der Waals surface area contributed by atoms with Crippen LogP contribution in [0.1, 0.15) is 22.8 Å². The van der Waals surface area contributed by atoms with E-state index in [0.29, 0.717) is 32.2 Å². The molecular weight excluding hydrogens is 397 g/mol. The number of aromatic nitrogens is 1. The summed E-state index contributed by atoms with van der Waals surface area (Å²) in [6.07, 6.45) is -3.03. The van der Waals surface area contributed by atoms with Gasteiger partial charge in [0.1, 0.15) is 6.10 Å². The van der Waals surface area contributed by atoms with Crippen LogP contribution in [0.4, 0.5) is 13.2 Å². The van der Waals surface area contributed by atoms with Gasteiger partial charge in [0, 0.05) is 32.4 Å². The van der Waals surface area contributed by atoms with E-state index in [1.54, 1.807) is 13.1 Å². The molecule has 3 rings (SSSR count). The first-order valence-corrected chi connectivity index (χ1v) is 9.63. The first-order valence-electron chi connectivity index (χ1n) is 9.63. The summed E-state index contributed by atoms with van der Waals surface area (Å²) in [6, 6.07) is 11.3. The van der Waals surface area contributed by atoms with Crippen molar-refractivity contribution in [3.05, 3.63) is 59.3 Å². The molecule has 1 aliphatic rings. The van der Waals surface area contributed by atoms with E-state index in [-0.39, 0.29) is 12.0 Å². The normalized spacial score (nSPS) is 17.7. The number of nitrogens with zero attached hydrogens (tertiary/aromatic N) is 3. The van der Waals surface area contributed by atoms with Crippen molar-refractivity contribution >= 4 is 5.96 Å². The molecule has 1 N–H and O–H groups in total. The molecule has 1 saturated heterocycles. The third kappa shape index (κ3) is 6.09. The summed E-state index contributed by atoms with van der Waals surface area (Å²) in [5.41, 5.74) is 3.07. The van der Waals surface area contributed by atoms with Crippen molar-refractivity contribution in [3.63, 3.8) is 0 Å². The van der Waals surface area contributed by atoms with Crippen molar-refractivity contribution in [3.8, 4) is 5.88 Å². The van der Waals surface area contributed by atoms with Gasteiger partial charge in [0.2, 0.25) is 5.88 Å². The van der Waals surface area contributed by atoms with Gasteiger partial charge >= 0.3 is 6.18 Å². The molecule has 1 aliphatic heterocycles. The minimum absolute atomic E-state index is 0.0539. The lowest BCUT2D eigenvalue weighted by molar-refractivity contribution is -0.154. The van der Waals surface area contributed by atoms with Crippen molar-refractivity contribution in [2.75, 3.05) is 33.4 Å². The van der Waals surface area contributed by atoms with Gasteiger partial charge < -0.3 is 19.7 Å². The zero-order valence-corrected chi connectivity index (χ0v) is 16.9. The van der Waals surface area contributed by atoms with Gasteiger partial charge in [-0.2, -0.15) is 13.2 Å². The van der Waals surface area contributed by atoms with Crippen LogP contribution in [-0.2, 0) is 11.3 Å². The highest BCUT2D eigenvalue weighted by molar-refractivity contribution is 5.80. The van der Waals surface area contributed by atoms with Gasteiger partial charge in [-0.1, -0.05) is 24.3 Å². The zero-order valence-electron chi connectivity index (χ0n) is 16.9. The summed E-state index contributed by atoms with van der Waals surface area (Å²) in [5, 5.41) is 3.26. The summed E-state index contributed by atoms with van der Waals surface area (Å²) in [5.74, 6) is 0.638. The largest absolute Gasteiger partial charge is 0.468 e. The fraction of sp³-hybridized carbons (Fsp3) is 0.429. The van der Waals surface area contributed by atoms with Crippen molar-refractivity contribution in [1.29, 1.82) is 0 Å². The smallest absolute Gasteiger partial charge is 0.422 e. The maximum atomic E-state index is 12.3. The highest BCUT2D eigenvalue weighted by Gasteiger charge is 2.29. The van der Waals surface area contributed by atoms with E-state index in [1.807, 2.05) is 12.1 Å². The lowest BCUT2D eigenvalue weighted by atomic mass is 10.0. The van der Waals surface area contributed by atoms with E-state index in [4.69, 9.17) is 9.47 Å². The van der Waals surface area contributed by atoms with Crippen LogP contribution in [0.15, 0.2) is 47.6 Å². The Kier molecular flexibility index (Phi) is 7.15. The van der Waals surface area contributed by atoms with Crippen LogP contribution in [-0.4, -0.2) is 55.4 Å². The van der Waals surface area contributed by atoms with Crippen LogP contribution in [0.25, 0.3) is 0 Å². The Hall–Kier alpha value is -2.81. The van der Waals surface area contributed by atoms with E-state index < -0.39 is 12.8 Å². The SMILES string of the molecule is CN=C(NCc1ccnc(OCC(F)(F)F)c1)N1CCOC(c2ccccc2C)C1. The minimum Gasteiger partial charge on any atom is -0.468 e. The van der Waals surface area contributed by atoms with E-state index in [9.17, 15) is 13.2 Å². The van der Waals surface area contributed by atoms with E-state index >= 15 is 0 Å². The number of hydrogen-bond acceptors (Lipinski definition) is 4. The lowest BCUT2D eigenvalue weighted by Crippen LogP contribution is -2.48. The second kappa shape index (κ2) is 9.80. The Labute approximate surface area is 173 Å². The summed E-state index contributed by atoms with van der Waals surface area (Å²) in [6.45, 7) is 2.99. The van der Waals surface area contributed by atoms with Crippen LogP contribution in [0, 0.1) is 6.92 Å². The van der Waals surface area contributed by atoms with Crippen molar-refractivity contribution in [2.24, 2.45) is 4.99 Å². The van der Waals surface area contributed by atoms with Gasteiger partial charge in [0.25, 0.3) is 0 Å². The van der Waals surface area contributed by atoms with Crippen LogP contribution in [0.3, 0.4) is 0 Å². The Bertz CT molecular complexity index is 873. The molecule has 0 radical (unpaired) electrons. The van der Waals surface area contributed by atoms with Crippen molar-refractivity contribution in [2.45, 2.75) is 25.7 Å². The van der Waals surface area contributed by atoms with E-state index in [2.05, 4.69) is 39.2 Å². The zero-order chi connectivity index (χ0) is 21.6. The highest BCUT2D eigenvalue weighted by Crippen LogP contribution is 2.25. The fourth-order valence-corrected chi connectivity index (χ4v) is 3.29. The molecule has 30 heavy (non-hydrogen) atoms. The highest BCUT2D eigenvalue weighted by atomic mass is 19.4. The molecule has 1 unspecified atom stereocenters. The second-order valence-corrected chi connectivity index (χ2v) is 6.97. The summed E-state index contributed by atoms with van der Waals surface area (Å²) in [4.78, 5) is 10.3. The van der Waals surface area contributed by atoms with E-state index in [1.165, 1.54) is 17.8 Å². The average molecular weight is 422 g/mol. The van der Waals surface area contributed by atoms with Gasteiger partial charge in [-0.05, 0) is 29.7 Å². The van der Waals surface area contributed by atoms with Gasteiger partial charge in [-0.3, -0.25) is 4.99 Å². The predicted molar refractivity (Wildman–Crippen MR) is 107 cm³/mol. The maximum Gasteiger partial charge on any atom is 0.422 e. The fourth-order valence-electron chi connectivity index (χ4n) is 3.29. The molecule has 0 bridgehead atoms. The molecular formula is C21H25F3N4O2. The number of alkyl halides is 3. The molecule has 9 heteroatoms. The Balaban J connectivity index is 1.60. The lowest BCUT2D eigenvalue weighted by Gasteiger charge is -2.35. The number of nitrogens with one attached hydrogen (secondary N) is 1. The number of hydrogen-bond donors (Lipinski definition) is 1. The van der Waals surface area contributed by atoms with Crippen LogP contribution >= 0.6 is 0 Å². The standard InChI is InChI=1S/C21H25F3N4O2/c1-15-5-3-4-6-17(15)18-13-28(9-10-29-18)20(25-2)27-12-16-7-8-26-19(11-16)30-14-21(22,23)24/h3-8,11,18H,9-10,12-14H2,1-2H3,(H,25,27). The second-order valence-electron chi connectivity index (χ2n) is 6.97. The topological polar surface area (TPSA) is 59.0 Å². The van der Waals surface area contributed by atoms with Crippen molar-refractivity contribution < 1.29 is 22.6 Å². The molecule has 2 heterocycles. The predicted octanol–water partition coefficient (Wildman–Crippen LogP) is 3.48. The number of aryl methyl sites for hydroxylation is 1.